The van der Waals surface area contributed by atoms with Crippen molar-refractivity contribution in [1.29, 1.82) is 0 Å². The van der Waals surface area contributed by atoms with E-state index < -0.39 is 0 Å². The Morgan fingerprint density at radius 3 is 2.47 bits per heavy atom. The van der Waals surface area contributed by atoms with Gasteiger partial charge in [0.1, 0.15) is 11.5 Å². The van der Waals surface area contributed by atoms with E-state index in [1.54, 1.807) is 14.2 Å². The number of nitrogens with two attached hydrogens (primary N) is 1. The first kappa shape index (κ1) is 11.3. The lowest BCUT2D eigenvalue weighted by Gasteiger charge is -2.08. The zero-order valence-corrected chi connectivity index (χ0v) is 9.86. The van der Waals surface area contributed by atoms with Crippen LogP contribution in [0, 0.1) is 6.07 Å². The number of benzene rings is 2. The molecule has 3 heteroatoms. The number of rotatable bonds is 3. The Kier molecular flexibility index (Phi) is 3.19. The van der Waals surface area contributed by atoms with E-state index >= 15 is 0 Å². The van der Waals surface area contributed by atoms with Gasteiger partial charge in [0, 0.05) is 6.07 Å². The summed E-state index contributed by atoms with van der Waals surface area (Å²) >= 11 is 0. The Labute approximate surface area is 101 Å². The van der Waals surface area contributed by atoms with Crippen LogP contribution < -0.4 is 15.2 Å². The van der Waals surface area contributed by atoms with Crippen LogP contribution in [0.5, 0.6) is 11.5 Å². The smallest absolute Gasteiger partial charge is 0.142 e. The van der Waals surface area contributed by atoms with Crippen LogP contribution in [0.25, 0.3) is 11.1 Å². The van der Waals surface area contributed by atoms with E-state index in [1.807, 2.05) is 36.4 Å². The van der Waals surface area contributed by atoms with Crippen molar-refractivity contribution in [3.05, 3.63) is 42.5 Å². The van der Waals surface area contributed by atoms with Crippen LogP contribution in [-0.2, 0) is 0 Å². The van der Waals surface area contributed by atoms with Crippen LogP contribution in [-0.4, -0.2) is 14.2 Å². The fourth-order valence-electron chi connectivity index (χ4n) is 1.63. The van der Waals surface area contributed by atoms with E-state index in [4.69, 9.17) is 15.2 Å². The second kappa shape index (κ2) is 4.78. The summed E-state index contributed by atoms with van der Waals surface area (Å²) < 4.78 is 10.3. The summed E-state index contributed by atoms with van der Waals surface area (Å²) in [5, 5.41) is 0. The van der Waals surface area contributed by atoms with Crippen molar-refractivity contribution in [2.75, 3.05) is 20.0 Å². The number of hydrogen-bond acceptors (Lipinski definition) is 3. The lowest BCUT2D eigenvalue weighted by molar-refractivity contribution is 0.414. The Balaban J connectivity index is 2.45. The molecule has 0 amide bonds. The number of nitrogen functional groups attached to an aromatic ring is 1. The van der Waals surface area contributed by atoms with Crippen LogP contribution in [0.2, 0.25) is 0 Å². The maximum Gasteiger partial charge on any atom is 0.142 e. The molecule has 17 heavy (non-hydrogen) atoms. The maximum absolute atomic E-state index is 5.78. The zero-order valence-electron chi connectivity index (χ0n) is 9.86. The zero-order chi connectivity index (χ0) is 12.3. The van der Waals surface area contributed by atoms with Gasteiger partial charge in [0.15, 0.2) is 0 Å². The third-order valence-corrected chi connectivity index (χ3v) is 2.56. The lowest BCUT2D eigenvalue weighted by Crippen LogP contribution is -1.92. The molecule has 2 N–H and O–H groups in total. The van der Waals surface area contributed by atoms with Gasteiger partial charge in [-0.2, -0.15) is 0 Å². The van der Waals surface area contributed by atoms with Gasteiger partial charge in [-0.05, 0) is 35.4 Å². The molecular formula is C14H14NO2. The normalized spacial score (nSPS) is 10.0. The lowest BCUT2D eigenvalue weighted by atomic mass is 10.0. The molecule has 2 rings (SSSR count). The Morgan fingerprint density at radius 2 is 1.76 bits per heavy atom. The first-order chi connectivity index (χ1) is 8.24. The van der Waals surface area contributed by atoms with Crippen LogP contribution in [0.3, 0.4) is 0 Å². The van der Waals surface area contributed by atoms with E-state index in [9.17, 15) is 0 Å². The fourth-order valence-corrected chi connectivity index (χ4v) is 1.63. The molecule has 0 atom stereocenters. The van der Waals surface area contributed by atoms with E-state index in [0.29, 0.717) is 17.2 Å². The molecule has 0 aliphatic rings. The maximum atomic E-state index is 5.78. The summed E-state index contributed by atoms with van der Waals surface area (Å²) in [6.45, 7) is 0. The fraction of sp³-hybridized carbons (Fsp3) is 0.143. The molecule has 87 valence electrons. The van der Waals surface area contributed by atoms with Gasteiger partial charge in [0.2, 0.25) is 0 Å². The van der Waals surface area contributed by atoms with E-state index in [2.05, 4.69) is 6.07 Å². The molecule has 0 fully saturated rings. The van der Waals surface area contributed by atoms with Gasteiger partial charge in [-0.3, -0.25) is 0 Å². The van der Waals surface area contributed by atoms with Crippen molar-refractivity contribution in [2.24, 2.45) is 0 Å². The van der Waals surface area contributed by atoms with Gasteiger partial charge >= 0.3 is 0 Å². The van der Waals surface area contributed by atoms with Gasteiger partial charge in [-0.15, -0.1) is 0 Å². The Hall–Kier alpha value is -2.16. The second-order valence-corrected chi connectivity index (χ2v) is 3.60. The van der Waals surface area contributed by atoms with Crippen molar-refractivity contribution >= 4 is 5.69 Å². The van der Waals surface area contributed by atoms with E-state index in [-0.39, 0.29) is 0 Å². The number of hydrogen-bond donors (Lipinski definition) is 1. The average molecular weight is 228 g/mol. The van der Waals surface area contributed by atoms with Crippen molar-refractivity contribution in [2.45, 2.75) is 0 Å². The first-order valence-electron chi connectivity index (χ1n) is 5.24. The molecule has 0 aliphatic heterocycles. The van der Waals surface area contributed by atoms with Crippen LogP contribution >= 0.6 is 0 Å². The van der Waals surface area contributed by atoms with Gasteiger partial charge in [0.05, 0.1) is 19.9 Å². The van der Waals surface area contributed by atoms with Crippen LogP contribution in [0.1, 0.15) is 0 Å². The van der Waals surface area contributed by atoms with Gasteiger partial charge < -0.3 is 15.2 Å². The van der Waals surface area contributed by atoms with E-state index in [0.717, 1.165) is 11.1 Å². The molecule has 1 radical (unpaired) electrons. The SMILES string of the molecule is COc1[c]ccc(-c2ccc(N)c(OC)c2)c1. The number of anilines is 1. The van der Waals surface area contributed by atoms with Gasteiger partial charge in [0.25, 0.3) is 0 Å². The van der Waals surface area contributed by atoms with Crippen molar-refractivity contribution in [3.8, 4) is 22.6 Å². The highest BCUT2D eigenvalue weighted by atomic mass is 16.5. The van der Waals surface area contributed by atoms with Gasteiger partial charge in [-0.25, -0.2) is 0 Å². The molecular weight excluding hydrogens is 214 g/mol. The third-order valence-electron chi connectivity index (χ3n) is 2.56. The Bertz CT molecular complexity index is 523. The minimum atomic E-state index is 0.630. The average Bonchev–Trinajstić information content (AvgIpc) is 2.39. The molecule has 0 saturated heterocycles. The number of ether oxygens (including phenoxy) is 2. The van der Waals surface area contributed by atoms with Crippen molar-refractivity contribution in [1.82, 2.24) is 0 Å². The topological polar surface area (TPSA) is 44.5 Å². The molecule has 0 aliphatic carbocycles. The standard InChI is InChI=1S/C14H14NO2/c1-16-12-5-3-4-10(8-12)11-6-7-13(15)14(9-11)17-2/h3-4,6-9H,15H2,1-2H3. The molecule has 0 heterocycles. The molecule has 0 spiro atoms. The minimum Gasteiger partial charge on any atom is -0.496 e. The van der Waals surface area contributed by atoms with E-state index in [1.165, 1.54) is 0 Å². The molecule has 2 aromatic rings. The Morgan fingerprint density at radius 1 is 1.00 bits per heavy atom. The van der Waals surface area contributed by atoms with Crippen molar-refractivity contribution in [3.63, 3.8) is 0 Å². The molecule has 0 bridgehead atoms. The highest BCUT2D eigenvalue weighted by molar-refractivity contribution is 5.70. The van der Waals surface area contributed by atoms with Crippen LogP contribution in [0.15, 0.2) is 36.4 Å². The first-order valence-corrected chi connectivity index (χ1v) is 5.24. The summed E-state index contributed by atoms with van der Waals surface area (Å²) in [4.78, 5) is 0. The summed E-state index contributed by atoms with van der Waals surface area (Å²) in [5.41, 5.74) is 8.48. The summed E-state index contributed by atoms with van der Waals surface area (Å²) in [5.74, 6) is 1.38. The molecule has 0 unspecified atom stereocenters. The highest BCUT2D eigenvalue weighted by Gasteiger charge is 2.04. The summed E-state index contributed by atoms with van der Waals surface area (Å²) in [7, 11) is 3.23. The summed E-state index contributed by atoms with van der Waals surface area (Å²) in [6, 6.07) is 14.4. The third kappa shape index (κ3) is 2.33. The molecule has 3 nitrogen and oxygen atoms in total. The largest absolute Gasteiger partial charge is 0.496 e. The predicted octanol–water partition coefficient (Wildman–Crippen LogP) is 2.75. The second-order valence-electron chi connectivity index (χ2n) is 3.60. The monoisotopic (exact) mass is 228 g/mol. The minimum absolute atomic E-state index is 0.630. The predicted molar refractivity (Wildman–Crippen MR) is 68.2 cm³/mol. The van der Waals surface area contributed by atoms with Crippen molar-refractivity contribution < 1.29 is 9.47 Å². The molecule has 0 saturated carbocycles. The quantitative estimate of drug-likeness (QED) is 0.821. The van der Waals surface area contributed by atoms with Crippen LogP contribution in [0.4, 0.5) is 5.69 Å². The summed E-state index contributed by atoms with van der Waals surface area (Å²) in [6.07, 6.45) is 0. The number of methoxy groups -OCH3 is 2. The highest BCUT2D eigenvalue weighted by Crippen LogP contribution is 2.30. The molecule has 2 aromatic carbocycles. The molecule has 0 aromatic heterocycles. The van der Waals surface area contributed by atoms with Gasteiger partial charge in [-0.1, -0.05) is 12.1 Å².